The predicted octanol–water partition coefficient (Wildman–Crippen LogP) is 4.49. The van der Waals surface area contributed by atoms with Crippen molar-refractivity contribution in [2.24, 2.45) is 11.5 Å². The standard InChI is InChI=1S/C40H42ClN5O5S/c1-2-51-31-17-12-26(13-18-31)22-35(45-38(48)33(42)24-32-8-5-19-52-32)40(50)46-36(23-27-9-14-28-6-3-4-7-29(28)20-27)39(49)44-34(37(43)47)21-25-10-15-30(41)16-11-25/h3-20,33-36H,2,21-24,42H2,1H3,(H2,43,47)(H,44,49)(H,45,48)(H,46,50). The third kappa shape index (κ3) is 10.9. The van der Waals surface area contributed by atoms with Crippen molar-refractivity contribution >= 4 is 57.3 Å². The molecule has 4 atom stereocenters. The van der Waals surface area contributed by atoms with Gasteiger partial charge in [0.1, 0.15) is 23.9 Å². The van der Waals surface area contributed by atoms with Crippen LogP contribution in [-0.2, 0) is 44.9 Å². The first-order valence-electron chi connectivity index (χ1n) is 17.0. The number of hydrogen-bond acceptors (Lipinski definition) is 7. The van der Waals surface area contributed by atoms with Crippen molar-refractivity contribution in [1.29, 1.82) is 0 Å². The summed E-state index contributed by atoms with van der Waals surface area (Å²) in [7, 11) is 0. The second-order valence-electron chi connectivity index (χ2n) is 12.5. The molecule has 0 radical (unpaired) electrons. The van der Waals surface area contributed by atoms with E-state index in [0.29, 0.717) is 23.8 Å². The molecule has 52 heavy (non-hydrogen) atoms. The SMILES string of the molecule is CCOc1ccc(CC(NC(=O)C(N)Cc2cccs2)C(=O)NC(Cc2ccc3ccccc3c2)C(=O)NC(Cc2ccc(Cl)cc2)C(N)=O)cc1. The molecule has 4 amide bonds. The van der Waals surface area contributed by atoms with Crippen LogP contribution in [0.2, 0.25) is 5.02 Å². The van der Waals surface area contributed by atoms with Crippen LogP contribution in [0.5, 0.6) is 5.75 Å². The molecule has 4 unspecified atom stereocenters. The summed E-state index contributed by atoms with van der Waals surface area (Å²) < 4.78 is 5.56. The van der Waals surface area contributed by atoms with Gasteiger partial charge in [-0.15, -0.1) is 11.3 Å². The molecule has 270 valence electrons. The van der Waals surface area contributed by atoms with Gasteiger partial charge in [0.25, 0.3) is 0 Å². The van der Waals surface area contributed by atoms with E-state index in [1.54, 1.807) is 36.4 Å². The quantitative estimate of drug-likeness (QED) is 0.0943. The third-order valence-electron chi connectivity index (χ3n) is 8.54. The number of ether oxygens (including phenoxy) is 1. The number of nitrogens with two attached hydrogens (primary N) is 2. The Bertz CT molecular complexity index is 1970. The molecule has 1 heterocycles. The van der Waals surface area contributed by atoms with E-state index in [1.807, 2.05) is 79.0 Å². The molecule has 0 bridgehead atoms. The second kappa shape index (κ2) is 18.3. The lowest BCUT2D eigenvalue weighted by atomic mass is 9.99. The normalized spacial score (nSPS) is 13.4. The Morgan fingerprint density at radius 3 is 1.85 bits per heavy atom. The number of fused-ring (bicyclic) bond motifs is 1. The van der Waals surface area contributed by atoms with Gasteiger partial charge >= 0.3 is 0 Å². The highest BCUT2D eigenvalue weighted by molar-refractivity contribution is 7.09. The Hall–Kier alpha value is -5.23. The van der Waals surface area contributed by atoms with E-state index in [4.69, 9.17) is 27.8 Å². The molecule has 0 aliphatic carbocycles. The highest BCUT2D eigenvalue weighted by atomic mass is 35.5. The van der Waals surface area contributed by atoms with Gasteiger partial charge in [-0.1, -0.05) is 84.4 Å². The van der Waals surface area contributed by atoms with Crippen molar-refractivity contribution in [2.75, 3.05) is 6.61 Å². The van der Waals surface area contributed by atoms with E-state index in [0.717, 1.165) is 32.3 Å². The number of amides is 4. The van der Waals surface area contributed by atoms with Crippen molar-refractivity contribution in [3.8, 4) is 5.75 Å². The lowest BCUT2D eigenvalue weighted by Gasteiger charge is -2.26. The lowest BCUT2D eigenvalue weighted by Crippen LogP contribution is -2.58. The van der Waals surface area contributed by atoms with Gasteiger partial charge < -0.3 is 32.2 Å². The number of nitrogens with one attached hydrogen (secondary N) is 3. The average molecular weight is 740 g/mol. The van der Waals surface area contributed by atoms with Crippen LogP contribution >= 0.6 is 22.9 Å². The molecule has 4 aromatic carbocycles. The molecule has 0 spiro atoms. The number of primary amides is 1. The van der Waals surface area contributed by atoms with Gasteiger partial charge in [0.15, 0.2) is 0 Å². The van der Waals surface area contributed by atoms with Crippen molar-refractivity contribution in [3.63, 3.8) is 0 Å². The number of thiophene rings is 1. The summed E-state index contributed by atoms with van der Waals surface area (Å²) >= 11 is 7.52. The van der Waals surface area contributed by atoms with Crippen LogP contribution in [-0.4, -0.2) is 54.4 Å². The monoisotopic (exact) mass is 739 g/mol. The fourth-order valence-corrected chi connectivity index (χ4v) is 6.68. The molecular formula is C40H42ClN5O5S. The molecule has 10 nitrogen and oxygen atoms in total. The molecule has 0 aliphatic rings. The molecule has 5 rings (SSSR count). The van der Waals surface area contributed by atoms with Gasteiger partial charge in [0.2, 0.25) is 23.6 Å². The zero-order chi connectivity index (χ0) is 37.0. The fraction of sp³-hybridized carbons (Fsp3) is 0.250. The molecule has 0 fully saturated rings. The van der Waals surface area contributed by atoms with Crippen LogP contribution in [0.1, 0.15) is 28.5 Å². The first-order chi connectivity index (χ1) is 25.1. The van der Waals surface area contributed by atoms with E-state index >= 15 is 0 Å². The molecule has 7 N–H and O–H groups in total. The van der Waals surface area contributed by atoms with Crippen LogP contribution in [0.4, 0.5) is 0 Å². The first kappa shape index (κ1) is 38.0. The average Bonchev–Trinajstić information content (AvgIpc) is 3.65. The minimum Gasteiger partial charge on any atom is -0.494 e. The van der Waals surface area contributed by atoms with Crippen molar-refractivity contribution in [1.82, 2.24) is 16.0 Å². The van der Waals surface area contributed by atoms with E-state index in [-0.39, 0.29) is 19.3 Å². The maximum atomic E-state index is 14.2. The summed E-state index contributed by atoms with van der Waals surface area (Å²) in [4.78, 5) is 55.1. The Kier molecular flexibility index (Phi) is 13.4. The minimum absolute atomic E-state index is 0.0937. The predicted molar refractivity (Wildman–Crippen MR) is 205 cm³/mol. The summed E-state index contributed by atoms with van der Waals surface area (Å²) in [5.41, 5.74) is 14.3. The third-order valence-corrected chi connectivity index (χ3v) is 9.70. The van der Waals surface area contributed by atoms with Crippen molar-refractivity contribution in [3.05, 3.63) is 135 Å². The van der Waals surface area contributed by atoms with E-state index in [2.05, 4.69) is 16.0 Å². The maximum absolute atomic E-state index is 14.2. The zero-order valence-corrected chi connectivity index (χ0v) is 30.3. The number of carbonyl (C=O) groups excluding carboxylic acids is 4. The maximum Gasteiger partial charge on any atom is 0.243 e. The molecule has 1 aromatic heterocycles. The highest BCUT2D eigenvalue weighted by Crippen LogP contribution is 2.19. The van der Waals surface area contributed by atoms with Gasteiger partial charge in [0, 0.05) is 35.6 Å². The smallest absolute Gasteiger partial charge is 0.243 e. The molecule has 12 heteroatoms. The second-order valence-corrected chi connectivity index (χ2v) is 13.9. The summed E-state index contributed by atoms with van der Waals surface area (Å²) in [6, 6.07) is 27.2. The summed E-state index contributed by atoms with van der Waals surface area (Å²) in [5.74, 6) is -1.78. The molecule has 0 saturated carbocycles. The zero-order valence-electron chi connectivity index (χ0n) is 28.7. The Morgan fingerprint density at radius 2 is 1.23 bits per heavy atom. The molecule has 0 aliphatic heterocycles. The topological polar surface area (TPSA) is 166 Å². The van der Waals surface area contributed by atoms with E-state index < -0.39 is 47.8 Å². The van der Waals surface area contributed by atoms with Gasteiger partial charge in [-0.3, -0.25) is 19.2 Å². The summed E-state index contributed by atoms with van der Waals surface area (Å²) in [5, 5.41) is 12.9. The number of hydrogen-bond donors (Lipinski definition) is 5. The van der Waals surface area contributed by atoms with Crippen LogP contribution < -0.4 is 32.2 Å². The molecular weight excluding hydrogens is 698 g/mol. The Morgan fingerprint density at radius 1 is 0.673 bits per heavy atom. The number of carbonyl (C=O) groups is 4. The molecule has 5 aromatic rings. The van der Waals surface area contributed by atoms with E-state index in [1.165, 1.54) is 11.3 Å². The van der Waals surface area contributed by atoms with Crippen LogP contribution in [0.15, 0.2) is 109 Å². The molecule has 0 saturated heterocycles. The van der Waals surface area contributed by atoms with Crippen molar-refractivity contribution in [2.45, 2.75) is 56.8 Å². The van der Waals surface area contributed by atoms with Crippen molar-refractivity contribution < 1.29 is 23.9 Å². The van der Waals surface area contributed by atoms with Crippen LogP contribution in [0.25, 0.3) is 10.8 Å². The largest absolute Gasteiger partial charge is 0.494 e. The van der Waals surface area contributed by atoms with E-state index in [9.17, 15) is 19.2 Å². The van der Waals surface area contributed by atoms with Gasteiger partial charge in [-0.2, -0.15) is 0 Å². The number of benzene rings is 4. The number of halogens is 1. The van der Waals surface area contributed by atoms with Gasteiger partial charge in [0.05, 0.1) is 12.6 Å². The Balaban J connectivity index is 1.40. The first-order valence-corrected chi connectivity index (χ1v) is 18.3. The highest BCUT2D eigenvalue weighted by Gasteiger charge is 2.31. The summed E-state index contributed by atoms with van der Waals surface area (Å²) in [6.07, 6.45) is 0.625. The van der Waals surface area contributed by atoms with Gasteiger partial charge in [-0.05, 0) is 70.1 Å². The Labute approximate surface area is 311 Å². The lowest BCUT2D eigenvalue weighted by molar-refractivity contribution is -0.133. The van der Waals surface area contributed by atoms with Crippen LogP contribution in [0.3, 0.4) is 0 Å². The fourth-order valence-electron chi connectivity index (χ4n) is 5.78. The summed E-state index contributed by atoms with van der Waals surface area (Å²) in [6.45, 7) is 2.39. The minimum atomic E-state index is -1.14. The number of rotatable bonds is 17. The van der Waals surface area contributed by atoms with Crippen LogP contribution in [0, 0.1) is 0 Å². The van der Waals surface area contributed by atoms with Gasteiger partial charge in [-0.25, -0.2) is 0 Å².